The molecule has 0 bridgehead atoms. The van der Waals surface area contributed by atoms with Gasteiger partial charge in [-0.15, -0.1) is 0 Å². The highest BCUT2D eigenvalue weighted by atomic mass is 16.5. The Balaban J connectivity index is 1.55. The van der Waals surface area contributed by atoms with E-state index in [1.54, 1.807) is 20.3 Å². The van der Waals surface area contributed by atoms with Gasteiger partial charge in [0.05, 0.1) is 14.2 Å². The van der Waals surface area contributed by atoms with Gasteiger partial charge in [-0.25, -0.2) is 10.9 Å². The summed E-state index contributed by atoms with van der Waals surface area (Å²) in [7, 11) is 3.22. The number of hydrazine groups is 1. The van der Waals surface area contributed by atoms with Gasteiger partial charge in [-0.1, -0.05) is 29.4 Å². The summed E-state index contributed by atoms with van der Waals surface area (Å²) in [5.74, 6) is 2.41. The van der Waals surface area contributed by atoms with E-state index >= 15 is 0 Å². The number of hydrogen-bond donors (Lipinski definition) is 2. The van der Waals surface area contributed by atoms with Gasteiger partial charge < -0.3 is 14.0 Å². The smallest absolute Gasteiger partial charge is 0.245 e. The Kier molecular flexibility index (Phi) is 4.79. The maximum atomic E-state index is 5.52. The Morgan fingerprint density at radius 2 is 1.70 bits per heavy atom. The van der Waals surface area contributed by atoms with Crippen LogP contribution in [-0.2, 0) is 0 Å². The maximum Gasteiger partial charge on any atom is 0.245 e. The minimum atomic E-state index is -0.0524. The molecule has 2 heterocycles. The molecule has 1 aliphatic rings. The van der Waals surface area contributed by atoms with Crippen LogP contribution in [0.15, 0.2) is 47.0 Å². The van der Waals surface area contributed by atoms with E-state index in [0.29, 0.717) is 23.2 Å². The number of benzene rings is 2. The molecule has 3 aromatic rings. The first kappa shape index (κ1) is 17.5. The second kappa shape index (κ2) is 7.38. The van der Waals surface area contributed by atoms with E-state index in [0.717, 1.165) is 12.0 Å². The van der Waals surface area contributed by atoms with E-state index < -0.39 is 0 Å². The molecule has 2 atom stereocenters. The Morgan fingerprint density at radius 1 is 1.00 bits per heavy atom. The fraction of sp³-hybridized carbons (Fsp3) is 0.300. The van der Waals surface area contributed by atoms with Crippen molar-refractivity contribution in [3.8, 4) is 22.9 Å². The zero-order valence-electron chi connectivity index (χ0n) is 15.5. The third-order valence-corrected chi connectivity index (χ3v) is 4.82. The van der Waals surface area contributed by atoms with Crippen molar-refractivity contribution in [3.63, 3.8) is 0 Å². The summed E-state index contributed by atoms with van der Waals surface area (Å²) in [6.45, 7) is 2.12. The van der Waals surface area contributed by atoms with Crippen LogP contribution in [-0.4, -0.2) is 24.4 Å². The van der Waals surface area contributed by atoms with Gasteiger partial charge in [0, 0.05) is 17.7 Å². The lowest BCUT2D eigenvalue weighted by molar-refractivity contribution is 0.340. The number of hydrogen-bond acceptors (Lipinski definition) is 7. The highest BCUT2D eigenvalue weighted by molar-refractivity contribution is 5.60. The molecule has 4 rings (SSSR count). The van der Waals surface area contributed by atoms with E-state index in [9.17, 15) is 0 Å². The lowest BCUT2D eigenvalue weighted by atomic mass is 9.98. The molecule has 2 aromatic carbocycles. The lowest BCUT2D eigenvalue weighted by Crippen LogP contribution is -2.27. The SMILES string of the molecule is COc1cc(OC)cc(-c2noc(C3CC(c4ccccc4C)NN3)n2)c1. The van der Waals surface area contributed by atoms with Gasteiger partial charge in [0.2, 0.25) is 11.7 Å². The van der Waals surface area contributed by atoms with Gasteiger partial charge in [-0.05, 0) is 36.6 Å². The van der Waals surface area contributed by atoms with Crippen molar-refractivity contribution in [1.29, 1.82) is 0 Å². The van der Waals surface area contributed by atoms with Gasteiger partial charge in [0.15, 0.2) is 0 Å². The topological polar surface area (TPSA) is 81.4 Å². The predicted molar refractivity (Wildman–Crippen MR) is 100 cm³/mol. The number of nitrogens with zero attached hydrogens (tertiary/aromatic N) is 2. The number of ether oxygens (including phenoxy) is 2. The molecule has 7 nitrogen and oxygen atoms in total. The van der Waals surface area contributed by atoms with Crippen molar-refractivity contribution in [2.45, 2.75) is 25.4 Å². The van der Waals surface area contributed by atoms with Crippen molar-refractivity contribution in [2.24, 2.45) is 0 Å². The molecular formula is C20H22N4O3. The molecule has 0 spiro atoms. The average Bonchev–Trinajstić information content (AvgIpc) is 3.37. The Labute approximate surface area is 157 Å². The van der Waals surface area contributed by atoms with Crippen LogP contribution in [0, 0.1) is 6.92 Å². The Morgan fingerprint density at radius 3 is 2.41 bits per heavy atom. The fourth-order valence-corrected chi connectivity index (χ4v) is 3.33. The third kappa shape index (κ3) is 3.51. The normalized spacial score (nSPS) is 19.2. The molecule has 1 saturated heterocycles. The molecule has 0 amide bonds. The maximum absolute atomic E-state index is 5.52. The van der Waals surface area contributed by atoms with E-state index in [1.807, 2.05) is 18.2 Å². The van der Waals surface area contributed by atoms with Gasteiger partial charge in [-0.2, -0.15) is 4.98 Å². The molecule has 140 valence electrons. The first-order chi connectivity index (χ1) is 13.2. The van der Waals surface area contributed by atoms with Gasteiger partial charge in [-0.3, -0.25) is 0 Å². The summed E-state index contributed by atoms with van der Waals surface area (Å²) in [5.41, 5.74) is 9.90. The van der Waals surface area contributed by atoms with E-state index in [1.165, 1.54) is 11.1 Å². The summed E-state index contributed by atoms with van der Waals surface area (Å²) in [5, 5.41) is 4.13. The molecule has 0 radical (unpaired) electrons. The van der Waals surface area contributed by atoms with Crippen molar-refractivity contribution in [2.75, 3.05) is 14.2 Å². The molecule has 1 fully saturated rings. The number of methoxy groups -OCH3 is 2. The lowest BCUT2D eigenvalue weighted by Gasteiger charge is -2.12. The minimum absolute atomic E-state index is 0.0524. The first-order valence-electron chi connectivity index (χ1n) is 8.81. The Hall–Kier alpha value is -2.90. The molecule has 2 unspecified atom stereocenters. The van der Waals surface area contributed by atoms with Crippen molar-refractivity contribution < 1.29 is 14.0 Å². The zero-order valence-corrected chi connectivity index (χ0v) is 15.5. The molecule has 27 heavy (non-hydrogen) atoms. The summed E-state index contributed by atoms with van der Waals surface area (Å²) in [4.78, 5) is 4.57. The Bertz CT molecular complexity index is 918. The minimum Gasteiger partial charge on any atom is -0.497 e. The zero-order chi connectivity index (χ0) is 18.8. The summed E-state index contributed by atoms with van der Waals surface area (Å²) < 4.78 is 16.1. The molecule has 1 aliphatic heterocycles. The second-order valence-electron chi connectivity index (χ2n) is 6.54. The summed E-state index contributed by atoms with van der Waals surface area (Å²) in [6, 6.07) is 14.0. The molecular weight excluding hydrogens is 344 g/mol. The van der Waals surface area contributed by atoms with Crippen molar-refractivity contribution in [3.05, 3.63) is 59.5 Å². The van der Waals surface area contributed by atoms with Crippen LogP contribution in [0.5, 0.6) is 11.5 Å². The fourth-order valence-electron chi connectivity index (χ4n) is 3.33. The van der Waals surface area contributed by atoms with Gasteiger partial charge >= 0.3 is 0 Å². The second-order valence-corrected chi connectivity index (χ2v) is 6.54. The third-order valence-electron chi connectivity index (χ3n) is 4.82. The quantitative estimate of drug-likeness (QED) is 0.717. The molecule has 0 saturated carbocycles. The van der Waals surface area contributed by atoms with Crippen molar-refractivity contribution in [1.82, 2.24) is 21.0 Å². The summed E-state index contributed by atoms with van der Waals surface area (Å²) in [6.07, 6.45) is 0.827. The van der Waals surface area contributed by atoms with Crippen LogP contribution >= 0.6 is 0 Å². The average molecular weight is 366 g/mol. The van der Waals surface area contributed by atoms with Crippen LogP contribution in [0.2, 0.25) is 0 Å². The van der Waals surface area contributed by atoms with Crippen LogP contribution in [0.1, 0.15) is 35.5 Å². The van der Waals surface area contributed by atoms with E-state index in [-0.39, 0.29) is 12.1 Å². The predicted octanol–water partition coefficient (Wildman–Crippen LogP) is 3.34. The van der Waals surface area contributed by atoms with Crippen LogP contribution < -0.4 is 20.3 Å². The highest BCUT2D eigenvalue weighted by Gasteiger charge is 2.31. The molecule has 2 N–H and O–H groups in total. The van der Waals surface area contributed by atoms with Gasteiger partial charge in [0.1, 0.15) is 17.5 Å². The van der Waals surface area contributed by atoms with Crippen LogP contribution in [0.25, 0.3) is 11.4 Å². The van der Waals surface area contributed by atoms with E-state index in [2.05, 4.69) is 46.1 Å². The molecule has 7 heteroatoms. The van der Waals surface area contributed by atoms with Crippen LogP contribution in [0.4, 0.5) is 0 Å². The number of aryl methyl sites for hydroxylation is 1. The monoisotopic (exact) mass is 366 g/mol. The first-order valence-corrected chi connectivity index (χ1v) is 8.81. The number of rotatable bonds is 5. The standard InChI is InChI=1S/C20H22N4O3/c1-12-6-4-5-7-16(12)17-11-18(23-22-17)20-21-19(24-27-20)13-8-14(25-2)10-15(9-13)26-3/h4-10,17-18,22-23H,11H2,1-3H3. The van der Waals surface area contributed by atoms with Crippen molar-refractivity contribution >= 4 is 0 Å². The summed E-state index contributed by atoms with van der Waals surface area (Å²) >= 11 is 0. The van der Waals surface area contributed by atoms with Crippen LogP contribution in [0.3, 0.4) is 0 Å². The largest absolute Gasteiger partial charge is 0.497 e. The van der Waals surface area contributed by atoms with Gasteiger partial charge in [0.25, 0.3) is 0 Å². The molecule has 0 aliphatic carbocycles. The van der Waals surface area contributed by atoms with E-state index in [4.69, 9.17) is 14.0 Å². The number of aromatic nitrogens is 2. The number of nitrogens with one attached hydrogen (secondary N) is 2. The molecule has 1 aromatic heterocycles. The highest BCUT2D eigenvalue weighted by Crippen LogP contribution is 2.33.